The van der Waals surface area contributed by atoms with Crippen LogP contribution in [0.1, 0.15) is 0 Å². The first-order chi connectivity index (χ1) is 11.0. The zero-order valence-electron chi connectivity index (χ0n) is 11.5. The molecule has 1 N–H and O–H groups in total. The summed E-state index contributed by atoms with van der Waals surface area (Å²) in [5, 5.41) is 11.0. The molecule has 0 bridgehead atoms. The first-order valence-electron chi connectivity index (χ1n) is 6.49. The van der Waals surface area contributed by atoms with Crippen molar-refractivity contribution < 1.29 is 17.9 Å². The number of hydrogen-bond donors (Lipinski definition) is 1. The summed E-state index contributed by atoms with van der Waals surface area (Å²) < 4.78 is 40.2. The zero-order chi connectivity index (χ0) is 16.3. The van der Waals surface area contributed by atoms with E-state index in [0.717, 1.165) is 21.0 Å². The summed E-state index contributed by atoms with van der Waals surface area (Å²) in [7, 11) is 0. The van der Waals surface area contributed by atoms with E-state index in [4.69, 9.17) is 0 Å². The smallest absolute Gasteiger partial charge is 0.406 e. The Morgan fingerprint density at radius 2 is 1.52 bits per heavy atom. The molecule has 0 aliphatic rings. The quantitative estimate of drug-likeness (QED) is 0.760. The monoisotopic (exact) mass is 337 g/mol. The van der Waals surface area contributed by atoms with Crippen molar-refractivity contribution in [2.75, 3.05) is 0 Å². The largest absolute Gasteiger partial charge is 0.573 e. The van der Waals surface area contributed by atoms with Crippen molar-refractivity contribution in [3.05, 3.63) is 54.7 Å². The first kappa shape index (κ1) is 15.4. The lowest BCUT2D eigenvalue weighted by atomic mass is 10.1. The van der Waals surface area contributed by atoms with Crippen molar-refractivity contribution in [2.24, 2.45) is 0 Å². The Bertz CT molecular complexity index is 756. The summed E-state index contributed by atoms with van der Waals surface area (Å²) in [6, 6.07) is 13.4. The molecular weight excluding hydrogens is 327 g/mol. The van der Waals surface area contributed by atoms with Crippen molar-refractivity contribution >= 4 is 11.8 Å². The molecule has 4 nitrogen and oxygen atoms in total. The van der Waals surface area contributed by atoms with Gasteiger partial charge in [-0.3, -0.25) is 0 Å². The predicted molar refractivity (Wildman–Crippen MR) is 79.1 cm³/mol. The summed E-state index contributed by atoms with van der Waals surface area (Å²) in [6.45, 7) is 0. The van der Waals surface area contributed by atoms with Crippen LogP contribution < -0.4 is 4.74 Å². The Hall–Kier alpha value is -2.48. The van der Waals surface area contributed by atoms with Crippen LogP contribution in [0.5, 0.6) is 5.75 Å². The summed E-state index contributed by atoms with van der Waals surface area (Å²) in [4.78, 5) is 0.986. The van der Waals surface area contributed by atoms with Gasteiger partial charge in [0.05, 0.1) is 6.20 Å². The maximum Gasteiger partial charge on any atom is 0.573 e. The maximum absolute atomic E-state index is 12.1. The van der Waals surface area contributed by atoms with Crippen LogP contribution in [-0.4, -0.2) is 21.8 Å². The van der Waals surface area contributed by atoms with Gasteiger partial charge in [-0.15, -0.1) is 18.3 Å². The average molecular weight is 337 g/mol. The van der Waals surface area contributed by atoms with Gasteiger partial charge in [0, 0.05) is 4.90 Å². The fourth-order valence-electron chi connectivity index (χ4n) is 1.93. The molecule has 0 atom stereocenters. The Kier molecular flexibility index (Phi) is 4.24. The number of nitrogens with one attached hydrogen (secondary N) is 1. The highest BCUT2D eigenvalue weighted by Crippen LogP contribution is 2.29. The van der Waals surface area contributed by atoms with E-state index < -0.39 is 6.36 Å². The molecule has 3 aromatic rings. The number of halogens is 3. The molecule has 0 saturated carbocycles. The average Bonchev–Trinajstić information content (AvgIpc) is 3.00. The van der Waals surface area contributed by atoms with Gasteiger partial charge in [-0.1, -0.05) is 36.0 Å². The highest BCUT2D eigenvalue weighted by Gasteiger charge is 2.30. The number of H-pyrrole nitrogens is 1. The van der Waals surface area contributed by atoms with Gasteiger partial charge in [0.2, 0.25) is 0 Å². The van der Waals surface area contributed by atoms with Crippen molar-refractivity contribution in [3.63, 3.8) is 0 Å². The summed E-state index contributed by atoms with van der Waals surface area (Å²) in [5.41, 5.74) is 1.70. The van der Waals surface area contributed by atoms with Crippen LogP contribution in [0.3, 0.4) is 0 Å². The van der Waals surface area contributed by atoms with E-state index >= 15 is 0 Å². The molecule has 23 heavy (non-hydrogen) atoms. The topological polar surface area (TPSA) is 50.8 Å². The molecule has 0 fully saturated rings. The molecule has 1 heterocycles. The van der Waals surface area contributed by atoms with Crippen LogP contribution in [-0.2, 0) is 0 Å². The fourth-order valence-corrected chi connectivity index (χ4v) is 2.63. The van der Waals surface area contributed by atoms with Crippen molar-refractivity contribution in [1.82, 2.24) is 15.4 Å². The van der Waals surface area contributed by atoms with Gasteiger partial charge >= 0.3 is 6.36 Å². The molecule has 0 saturated heterocycles. The second-order valence-electron chi connectivity index (χ2n) is 4.51. The number of aromatic amines is 1. The van der Waals surface area contributed by atoms with Crippen LogP contribution in [0.25, 0.3) is 11.1 Å². The molecular formula is C15H10F3N3OS. The van der Waals surface area contributed by atoms with Crippen molar-refractivity contribution in [2.45, 2.75) is 16.3 Å². The highest BCUT2D eigenvalue weighted by molar-refractivity contribution is 7.99. The van der Waals surface area contributed by atoms with E-state index in [9.17, 15) is 13.2 Å². The third kappa shape index (κ3) is 4.26. The highest BCUT2D eigenvalue weighted by atomic mass is 32.2. The van der Waals surface area contributed by atoms with Crippen molar-refractivity contribution in [3.8, 4) is 16.9 Å². The Morgan fingerprint density at radius 1 is 0.913 bits per heavy atom. The lowest BCUT2D eigenvalue weighted by molar-refractivity contribution is -0.274. The van der Waals surface area contributed by atoms with Crippen LogP contribution in [0, 0.1) is 0 Å². The Labute approximate surface area is 133 Å². The SMILES string of the molecule is FC(F)(F)Oc1ccc(-c2ccc(Sc3cn[nH]n3)cc2)cc1. The van der Waals surface area contributed by atoms with Crippen molar-refractivity contribution in [1.29, 1.82) is 0 Å². The molecule has 0 amide bonds. The third-order valence-corrected chi connectivity index (χ3v) is 3.80. The van der Waals surface area contributed by atoms with E-state index in [-0.39, 0.29) is 5.75 Å². The van der Waals surface area contributed by atoms with Gasteiger partial charge < -0.3 is 4.74 Å². The molecule has 118 valence electrons. The minimum absolute atomic E-state index is 0.237. The van der Waals surface area contributed by atoms with E-state index in [1.165, 1.54) is 23.9 Å². The van der Waals surface area contributed by atoms with Gasteiger partial charge in [0.1, 0.15) is 10.8 Å². The minimum atomic E-state index is -4.68. The lowest BCUT2D eigenvalue weighted by Crippen LogP contribution is -2.16. The maximum atomic E-state index is 12.1. The molecule has 0 aliphatic carbocycles. The number of rotatable bonds is 4. The Balaban J connectivity index is 1.71. The van der Waals surface area contributed by atoms with E-state index in [1.807, 2.05) is 24.3 Å². The van der Waals surface area contributed by atoms with E-state index in [1.54, 1.807) is 18.3 Å². The molecule has 0 aliphatic heterocycles. The number of benzene rings is 2. The van der Waals surface area contributed by atoms with Crippen LogP contribution >= 0.6 is 11.8 Å². The fraction of sp³-hybridized carbons (Fsp3) is 0.0667. The lowest BCUT2D eigenvalue weighted by Gasteiger charge is -2.09. The Morgan fingerprint density at radius 3 is 2.04 bits per heavy atom. The van der Waals surface area contributed by atoms with E-state index in [2.05, 4.69) is 20.1 Å². The van der Waals surface area contributed by atoms with Gasteiger partial charge in [0.25, 0.3) is 0 Å². The molecule has 8 heteroatoms. The molecule has 2 aromatic carbocycles. The van der Waals surface area contributed by atoms with E-state index in [0.29, 0.717) is 0 Å². The first-order valence-corrected chi connectivity index (χ1v) is 7.31. The predicted octanol–water partition coefficient (Wildman–Crippen LogP) is 4.52. The second-order valence-corrected chi connectivity index (χ2v) is 5.60. The normalized spacial score (nSPS) is 11.4. The molecule has 0 spiro atoms. The molecule has 0 radical (unpaired) electrons. The third-order valence-electron chi connectivity index (χ3n) is 2.89. The number of hydrogen-bond acceptors (Lipinski definition) is 4. The summed E-state index contributed by atoms with van der Waals surface area (Å²) in [5.74, 6) is -0.237. The van der Waals surface area contributed by atoms with Gasteiger partial charge in [-0.25, -0.2) is 0 Å². The summed E-state index contributed by atoms with van der Waals surface area (Å²) in [6.07, 6.45) is -3.06. The van der Waals surface area contributed by atoms with Crippen LogP contribution in [0.2, 0.25) is 0 Å². The molecule has 0 unspecified atom stereocenters. The number of aromatic nitrogens is 3. The number of ether oxygens (including phenoxy) is 1. The standard InChI is InChI=1S/C15H10F3N3OS/c16-15(17,18)22-12-5-1-10(2-6-12)11-3-7-13(8-4-11)23-14-9-19-21-20-14/h1-9H,(H,19,20,21). The van der Waals surface area contributed by atoms with Crippen LogP contribution in [0.15, 0.2) is 64.6 Å². The van der Waals surface area contributed by atoms with Gasteiger partial charge in [-0.05, 0) is 35.4 Å². The molecule has 1 aromatic heterocycles. The number of alkyl halides is 3. The zero-order valence-corrected chi connectivity index (χ0v) is 12.4. The van der Waals surface area contributed by atoms with Gasteiger partial charge in [0.15, 0.2) is 0 Å². The minimum Gasteiger partial charge on any atom is -0.406 e. The second kappa shape index (κ2) is 6.33. The molecule has 3 rings (SSSR count). The van der Waals surface area contributed by atoms with Gasteiger partial charge in [-0.2, -0.15) is 10.3 Å². The van der Waals surface area contributed by atoms with Crippen LogP contribution in [0.4, 0.5) is 13.2 Å². The number of nitrogens with zero attached hydrogens (tertiary/aromatic N) is 2. The summed E-state index contributed by atoms with van der Waals surface area (Å²) >= 11 is 1.46.